The molecule has 1 heterocycles. The number of rotatable bonds is 2. The third kappa shape index (κ3) is 3.34. The van der Waals surface area contributed by atoms with Crippen LogP contribution in [0, 0.1) is 0 Å². The highest BCUT2D eigenvalue weighted by Gasteiger charge is 2.14. The van der Waals surface area contributed by atoms with Crippen molar-refractivity contribution in [2.75, 3.05) is 18.1 Å². The molecule has 3 nitrogen and oxygen atoms in total. The van der Waals surface area contributed by atoms with Crippen LogP contribution in [-0.2, 0) is 0 Å². The van der Waals surface area contributed by atoms with Crippen LogP contribution in [0.5, 0.6) is 0 Å². The Bertz CT molecular complexity index is 146. The van der Waals surface area contributed by atoms with E-state index in [9.17, 15) is 4.79 Å². The Kier molecular flexibility index (Phi) is 4.29. The lowest BCUT2D eigenvalue weighted by molar-refractivity contribution is 0.237. The summed E-state index contributed by atoms with van der Waals surface area (Å²) in [6, 6.07) is 0.361. The Morgan fingerprint density at radius 3 is 3.08 bits per heavy atom. The first kappa shape index (κ1) is 9.71. The second-order valence-electron chi connectivity index (χ2n) is 2.92. The van der Waals surface area contributed by atoms with Crippen LogP contribution < -0.4 is 10.6 Å². The molecule has 1 aliphatic heterocycles. The zero-order valence-corrected chi connectivity index (χ0v) is 8.25. The molecule has 1 rings (SSSR count). The fourth-order valence-corrected chi connectivity index (χ4v) is 2.32. The largest absolute Gasteiger partial charge is 0.338 e. The smallest absolute Gasteiger partial charge is 0.315 e. The third-order valence-electron chi connectivity index (χ3n) is 1.83. The number of carbonyl (C=O) groups excluding carboxylic acids is 1. The molecule has 0 aromatic heterocycles. The second-order valence-corrected chi connectivity index (χ2v) is 4.07. The fraction of sp³-hybridized carbons (Fsp3) is 0.875. The van der Waals surface area contributed by atoms with E-state index in [-0.39, 0.29) is 6.03 Å². The first-order valence-corrected chi connectivity index (χ1v) is 5.60. The lowest BCUT2D eigenvalue weighted by Gasteiger charge is -2.22. The van der Waals surface area contributed by atoms with E-state index >= 15 is 0 Å². The molecule has 2 amide bonds. The predicted octanol–water partition coefficient (Wildman–Crippen LogP) is 1.20. The van der Waals surface area contributed by atoms with Crippen molar-refractivity contribution in [2.45, 2.75) is 25.8 Å². The van der Waals surface area contributed by atoms with Gasteiger partial charge in [0, 0.05) is 18.3 Å². The molecule has 1 aliphatic rings. The van der Waals surface area contributed by atoms with Gasteiger partial charge in [0.05, 0.1) is 0 Å². The summed E-state index contributed by atoms with van der Waals surface area (Å²) in [5.74, 6) is 2.31. The summed E-state index contributed by atoms with van der Waals surface area (Å²) in [4.78, 5) is 11.1. The van der Waals surface area contributed by atoms with Gasteiger partial charge in [-0.25, -0.2) is 4.79 Å². The van der Waals surface area contributed by atoms with Gasteiger partial charge in [-0.1, -0.05) is 0 Å². The Hall–Kier alpha value is -0.380. The van der Waals surface area contributed by atoms with Gasteiger partial charge in [-0.05, 0) is 25.5 Å². The van der Waals surface area contributed by atoms with Crippen molar-refractivity contribution in [1.82, 2.24) is 10.6 Å². The number of hydrogen-bond donors (Lipinski definition) is 2. The van der Waals surface area contributed by atoms with Gasteiger partial charge in [0.2, 0.25) is 0 Å². The van der Waals surface area contributed by atoms with Gasteiger partial charge in [-0.2, -0.15) is 11.8 Å². The zero-order chi connectivity index (χ0) is 8.81. The van der Waals surface area contributed by atoms with Gasteiger partial charge < -0.3 is 10.6 Å². The molecule has 0 spiro atoms. The maximum atomic E-state index is 11.1. The topological polar surface area (TPSA) is 41.1 Å². The molecule has 0 aliphatic carbocycles. The minimum Gasteiger partial charge on any atom is -0.338 e. The molecule has 0 radical (unpaired) electrons. The number of carbonyl (C=O) groups is 1. The van der Waals surface area contributed by atoms with Crippen molar-refractivity contribution in [3.05, 3.63) is 0 Å². The van der Waals surface area contributed by atoms with Crippen LogP contribution in [0.4, 0.5) is 4.79 Å². The van der Waals surface area contributed by atoms with Crippen molar-refractivity contribution in [2.24, 2.45) is 0 Å². The van der Waals surface area contributed by atoms with E-state index in [0.717, 1.165) is 12.2 Å². The van der Waals surface area contributed by atoms with E-state index in [1.165, 1.54) is 12.2 Å². The molecule has 1 unspecified atom stereocenters. The average molecular weight is 188 g/mol. The van der Waals surface area contributed by atoms with E-state index in [2.05, 4.69) is 10.6 Å². The van der Waals surface area contributed by atoms with Gasteiger partial charge in [-0.15, -0.1) is 0 Å². The summed E-state index contributed by atoms with van der Waals surface area (Å²) < 4.78 is 0. The lowest BCUT2D eigenvalue weighted by Crippen LogP contribution is -2.44. The molecule has 2 N–H and O–H groups in total. The first-order valence-electron chi connectivity index (χ1n) is 4.45. The SMILES string of the molecule is CCNC(=O)NC1CCCSC1. The predicted molar refractivity (Wildman–Crippen MR) is 52.6 cm³/mol. The summed E-state index contributed by atoms with van der Waals surface area (Å²) in [6.07, 6.45) is 2.35. The summed E-state index contributed by atoms with van der Waals surface area (Å²) >= 11 is 1.92. The van der Waals surface area contributed by atoms with E-state index < -0.39 is 0 Å². The Morgan fingerprint density at radius 1 is 1.67 bits per heavy atom. The quantitative estimate of drug-likeness (QED) is 0.683. The molecule has 1 fully saturated rings. The summed E-state index contributed by atoms with van der Waals surface area (Å²) in [5, 5.41) is 5.68. The molecule has 0 aromatic rings. The third-order valence-corrected chi connectivity index (χ3v) is 3.05. The van der Waals surface area contributed by atoms with E-state index in [1.54, 1.807) is 0 Å². The standard InChI is InChI=1S/C8H16N2OS/c1-2-9-8(11)10-7-4-3-5-12-6-7/h7H,2-6H2,1H3,(H2,9,10,11). The maximum absolute atomic E-state index is 11.1. The fourth-order valence-electron chi connectivity index (χ4n) is 1.25. The van der Waals surface area contributed by atoms with Crippen LogP contribution in [0.3, 0.4) is 0 Å². The number of nitrogens with one attached hydrogen (secondary N) is 2. The highest BCUT2D eigenvalue weighted by Crippen LogP contribution is 2.16. The summed E-state index contributed by atoms with van der Waals surface area (Å²) in [5.41, 5.74) is 0. The molecule has 1 atom stereocenters. The van der Waals surface area contributed by atoms with Crippen molar-refractivity contribution in [3.8, 4) is 0 Å². The van der Waals surface area contributed by atoms with Crippen LogP contribution in [0.1, 0.15) is 19.8 Å². The number of urea groups is 1. The van der Waals surface area contributed by atoms with Gasteiger partial charge in [0.1, 0.15) is 0 Å². The van der Waals surface area contributed by atoms with Crippen LogP contribution in [0.25, 0.3) is 0 Å². The van der Waals surface area contributed by atoms with Crippen molar-refractivity contribution >= 4 is 17.8 Å². The average Bonchev–Trinajstić information content (AvgIpc) is 2.06. The Balaban J connectivity index is 2.15. The minimum atomic E-state index is -0.0231. The molecule has 0 bridgehead atoms. The maximum Gasteiger partial charge on any atom is 0.315 e. The van der Waals surface area contributed by atoms with Crippen LogP contribution in [0.15, 0.2) is 0 Å². The second kappa shape index (κ2) is 5.30. The van der Waals surface area contributed by atoms with Crippen molar-refractivity contribution in [3.63, 3.8) is 0 Å². The number of amides is 2. The van der Waals surface area contributed by atoms with Crippen LogP contribution >= 0.6 is 11.8 Å². The van der Waals surface area contributed by atoms with Crippen LogP contribution in [0.2, 0.25) is 0 Å². The highest BCUT2D eigenvalue weighted by atomic mass is 32.2. The van der Waals surface area contributed by atoms with E-state index in [4.69, 9.17) is 0 Å². The normalized spacial score (nSPS) is 23.2. The summed E-state index contributed by atoms with van der Waals surface area (Å²) in [7, 11) is 0. The van der Waals surface area contributed by atoms with Gasteiger partial charge in [-0.3, -0.25) is 0 Å². The van der Waals surface area contributed by atoms with Crippen molar-refractivity contribution < 1.29 is 4.79 Å². The van der Waals surface area contributed by atoms with Gasteiger partial charge >= 0.3 is 6.03 Å². The van der Waals surface area contributed by atoms with Gasteiger partial charge in [0.15, 0.2) is 0 Å². The molecule has 0 aromatic carbocycles. The molecular formula is C8H16N2OS. The first-order chi connectivity index (χ1) is 5.83. The molecular weight excluding hydrogens is 172 g/mol. The molecule has 12 heavy (non-hydrogen) atoms. The molecule has 70 valence electrons. The highest BCUT2D eigenvalue weighted by molar-refractivity contribution is 7.99. The number of hydrogen-bond acceptors (Lipinski definition) is 2. The molecule has 0 saturated carbocycles. The van der Waals surface area contributed by atoms with Crippen LogP contribution in [-0.4, -0.2) is 30.1 Å². The minimum absolute atomic E-state index is 0.0231. The number of thioether (sulfide) groups is 1. The lowest BCUT2D eigenvalue weighted by atomic mass is 10.2. The molecule has 4 heteroatoms. The van der Waals surface area contributed by atoms with Crippen molar-refractivity contribution in [1.29, 1.82) is 0 Å². The summed E-state index contributed by atoms with van der Waals surface area (Å²) in [6.45, 7) is 2.63. The van der Waals surface area contributed by atoms with E-state index in [0.29, 0.717) is 12.6 Å². The zero-order valence-electron chi connectivity index (χ0n) is 7.43. The monoisotopic (exact) mass is 188 g/mol. The van der Waals surface area contributed by atoms with Gasteiger partial charge in [0.25, 0.3) is 0 Å². The Morgan fingerprint density at radius 2 is 2.50 bits per heavy atom. The molecule has 1 saturated heterocycles. The Labute approximate surface area is 77.7 Å². The van der Waals surface area contributed by atoms with E-state index in [1.807, 2.05) is 18.7 Å².